The quantitative estimate of drug-likeness (QED) is 0.0276. The van der Waals surface area contributed by atoms with Gasteiger partial charge >= 0.3 is 5.97 Å². The summed E-state index contributed by atoms with van der Waals surface area (Å²) >= 11 is 0. The van der Waals surface area contributed by atoms with Crippen LogP contribution in [-0.4, -0.2) is 89.6 Å². The third kappa shape index (κ3) is 28.1. The summed E-state index contributed by atoms with van der Waals surface area (Å²) in [5, 5.41) is 39.8. The Bertz CT molecular complexity index is 823. The van der Waals surface area contributed by atoms with Gasteiger partial charge in [0.2, 0.25) is 0 Å². The van der Waals surface area contributed by atoms with Gasteiger partial charge in [-0.3, -0.25) is 4.79 Å². The van der Waals surface area contributed by atoms with Gasteiger partial charge < -0.3 is 39.4 Å². The van der Waals surface area contributed by atoms with Gasteiger partial charge in [0.05, 0.1) is 19.8 Å². The second-order valence-corrected chi connectivity index (χ2v) is 15.5. The van der Waals surface area contributed by atoms with Crippen LogP contribution in [0.25, 0.3) is 0 Å². The molecule has 6 unspecified atom stereocenters. The monoisotopic (exact) mass is 757 g/mol. The van der Waals surface area contributed by atoms with Crippen LogP contribution in [0.15, 0.2) is 12.2 Å². The molecule has 0 bridgehead atoms. The molecule has 1 fully saturated rings. The summed E-state index contributed by atoms with van der Waals surface area (Å²) in [6.07, 6.45) is 33.2. The Kier molecular flexibility index (Phi) is 34.5. The molecule has 6 atom stereocenters. The van der Waals surface area contributed by atoms with Crippen molar-refractivity contribution in [1.82, 2.24) is 0 Å². The molecule has 9 nitrogen and oxygen atoms in total. The van der Waals surface area contributed by atoms with E-state index in [0.717, 1.165) is 38.5 Å². The molecule has 0 aromatic carbocycles. The molecule has 1 heterocycles. The zero-order chi connectivity index (χ0) is 38.6. The molecule has 1 aliphatic rings. The van der Waals surface area contributed by atoms with Crippen LogP contribution in [0.2, 0.25) is 0 Å². The van der Waals surface area contributed by atoms with Gasteiger partial charge in [0.25, 0.3) is 0 Å². The molecule has 1 saturated heterocycles. The molecule has 0 aliphatic carbocycles. The van der Waals surface area contributed by atoms with Gasteiger partial charge in [-0.05, 0) is 38.5 Å². The normalized spacial score (nSPS) is 21.1. The maximum Gasteiger partial charge on any atom is 0.306 e. The summed E-state index contributed by atoms with van der Waals surface area (Å²) in [5.41, 5.74) is 0. The van der Waals surface area contributed by atoms with E-state index in [1.165, 1.54) is 141 Å². The molecule has 0 radical (unpaired) electrons. The first-order valence-corrected chi connectivity index (χ1v) is 22.3. The molecule has 1 rings (SSSR count). The van der Waals surface area contributed by atoms with E-state index >= 15 is 0 Å². The minimum Gasteiger partial charge on any atom is -0.457 e. The Labute approximate surface area is 325 Å². The number of aliphatic hydroxyl groups is 4. The fraction of sp³-hybridized carbons (Fsp3) is 0.932. The predicted molar refractivity (Wildman–Crippen MR) is 215 cm³/mol. The van der Waals surface area contributed by atoms with E-state index in [0.29, 0.717) is 13.0 Å². The lowest BCUT2D eigenvalue weighted by molar-refractivity contribution is -0.305. The van der Waals surface area contributed by atoms with Crippen molar-refractivity contribution in [2.75, 3.05) is 26.4 Å². The van der Waals surface area contributed by atoms with E-state index in [9.17, 15) is 25.2 Å². The minimum atomic E-state index is -1.53. The fourth-order valence-electron chi connectivity index (χ4n) is 6.90. The summed E-state index contributed by atoms with van der Waals surface area (Å²) in [5.74, 6) is -0.329. The highest BCUT2D eigenvalue weighted by atomic mass is 16.7. The number of hydrogen-bond acceptors (Lipinski definition) is 9. The van der Waals surface area contributed by atoms with Gasteiger partial charge in [0.1, 0.15) is 30.5 Å². The summed E-state index contributed by atoms with van der Waals surface area (Å²) in [7, 11) is 0. The predicted octanol–water partition coefficient (Wildman–Crippen LogP) is 9.64. The van der Waals surface area contributed by atoms with Crippen LogP contribution < -0.4 is 0 Å². The van der Waals surface area contributed by atoms with Crippen LogP contribution in [0.4, 0.5) is 0 Å². The van der Waals surface area contributed by atoms with Gasteiger partial charge in [-0.1, -0.05) is 167 Å². The van der Waals surface area contributed by atoms with E-state index in [1.54, 1.807) is 0 Å². The average molecular weight is 757 g/mol. The highest BCUT2D eigenvalue weighted by Crippen LogP contribution is 2.22. The largest absolute Gasteiger partial charge is 0.457 e. The van der Waals surface area contributed by atoms with Crippen molar-refractivity contribution >= 4 is 5.97 Å². The topological polar surface area (TPSA) is 135 Å². The second kappa shape index (κ2) is 36.6. The maximum absolute atomic E-state index is 12.5. The summed E-state index contributed by atoms with van der Waals surface area (Å²) in [4.78, 5) is 12.5. The molecule has 0 saturated carbocycles. The molecule has 53 heavy (non-hydrogen) atoms. The van der Waals surface area contributed by atoms with Gasteiger partial charge in [-0.25, -0.2) is 0 Å². The van der Waals surface area contributed by atoms with E-state index in [-0.39, 0.29) is 19.2 Å². The lowest BCUT2D eigenvalue weighted by atomic mass is 9.99. The molecule has 0 spiro atoms. The van der Waals surface area contributed by atoms with Gasteiger partial charge in [-0.15, -0.1) is 0 Å². The molecular formula is C44H84O9. The molecule has 0 aromatic rings. The smallest absolute Gasteiger partial charge is 0.306 e. The van der Waals surface area contributed by atoms with E-state index in [1.807, 2.05) is 0 Å². The van der Waals surface area contributed by atoms with E-state index in [4.69, 9.17) is 18.9 Å². The third-order valence-corrected chi connectivity index (χ3v) is 10.4. The van der Waals surface area contributed by atoms with Crippen LogP contribution in [0.5, 0.6) is 0 Å². The highest BCUT2D eigenvalue weighted by Gasteiger charge is 2.44. The Balaban J connectivity index is 2.03. The number of esters is 1. The number of rotatable bonds is 38. The summed E-state index contributed by atoms with van der Waals surface area (Å²) in [6, 6.07) is 0. The minimum absolute atomic E-state index is 0.110. The number of carbonyl (C=O) groups excluding carboxylic acids is 1. The molecule has 0 aromatic heterocycles. The summed E-state index contributed by atoms with van der Waals surface area (Å²) < 4.78 is 22.6. The Morgan fingerprint density at radius 3 is 1.53 bits per heavy atom. The van der Waals surface area contributed by atoms with Crippen molar-refractivity contribution in [3.05, 3.63) is 12.2 Å². The van der Waals surface area contributed by atoms with Gasteiger partial charge in [0, 0.05) is 13.0 Å². The maximum atomic E-state index is 12.5. The number of carbonyl (C=O) groups is 1. The van der Waals surface area contributed by atoms with E-state index in [2.05, 4.69) is 26.0 Å². The first-order valence-electron chi connectivity index (χ1n) is 22.3. The van der Waals surface area contributed by atoms with Crippen LogP contribution in [0.3, 0.4) is 0 Å². The van der Waals surface area contributed by atoms with Gasteiger partial charge in [0.15, 0.2) is 6.29 Å². The van der Waals surface area contributed by atoms with Crippen molar-refractivity contribution in [3.63, 3.8) is 0 Å². The van der Waals surface area contributed by atoms with Crippen LogP contribution in [0.1, 0.15) is 200 Å². The van der Waals surface area contributed by atoms with Crippen LogP contribution in [-0.2, 0) is 23.7 Å². The van der Waals surface area contributed by atoms with Crippen molar-refractivity contribution in [1.29, 1.82) is 0 Å². The molecular weight excluding hydrogens is 672 g/mol. The van der Waals surface area contributed by atoms with Crippen LogP contribution >= 0.6 is 0 Å². The number of ether oxygens (including phenoxy) is 4. The fourth-order valence-corrected chi connectivity index (χ4v) is 6.90. The number of aliphatic hydroxyl groups excluding tert-OH is 4. The molecule has 314 valence electrons. The van der Waals surface area contributed by atoms with E-state index < -0.39 is 43.4 Å². The van der Waals surface area contributed by atoms with Crippen molar-refractivity contribution in [3.8, 4) is 0 Å². The molecule has 4 N–H and O–H groups in total. The Morgan fingerprint density at radius 1 is 0.585 bits per heavy atom. The van der Waals surface area contributed by atoms with Crippen molar-refractivity contribution in [2.24, 2.45) is 0 Å². The zero-order valence-corrected chi connectivity index (χ0v) is 34.3. The lowest BCUT2D eigenvalue weighted by Crippen LogP contribution is -2.59. The Hall–Kier alpha value is -1.07. The van der Waals surface area contributed by atoms with Crippen molar-refractivity contribution in [2.45, 2.75) is 237 Å². The number of unbranched alkanes of at least 4 members (excludes halogenated alkanes) is 25. The standard InChI is InChI=1S/C44H84O9/c1-3-5-7-9-10-11-12-13-14-15-16-17-18-19-20-21-22-23-24-25-26-27-28-29-30-32-34-50-36-38(52-40(46)33-31-8-6-4-2)37-51-44-43(49)42(48)41(47)39(35-45)53-44/h15-16,38-39,41-45,47-49H,3-14,17-37H2,1-2H3/b16-15-. The van der Waals surface area contributed by atoms with Crippen LogP contribution in [0, 0.1) is 0 Å². The average Bonchev–Trinajstić information content (AvgIpc) is 3.16. The number of allylic oxidation sites excluding steroid dienone is 2. The first kappa shape index (κ1) is 49.9. The Morgan fingerprint density at radius 2 is 1.04 bits per heavy atom. The number of hydrogen-bond donors (Lipinski definition) is 4. The molecule has 9 heteroatoms. The third-order valence-electron chi connectivity index (χ3n) is 10.4. The first-order chi connectivity index (χ1) is 25.9. The zero-order valence-electron chi connectivity index (χ0n) is 34.3. The SMILES string of the molecule is CCCCCCCCCC/C=C\CCCCCCCCCCCCCCCCOCC(COC1OC(CO)C(O)C(O)C1O)OC(=O)CCCCCC. The summed E-state index contributed by atoms with van der Waals surface area (Å²) in [6.45, 7) is 4.45. The lowest BCUT2D eigenvalue weighted by Gasteiger charge is -2.39. The van der Waals surface area contributed by atoms with Crippen molar-refractivity contribution < 1.29 is 44.2 Å². The molecule has 0 amide bonds. The van der Waals surface area contributed by atoms with Gasteiger partial charge in [-0.2, -0.15) is 0 Å². The molecule has 1 aliphatic heterocycles. The highest BCUT2D eigenvalue weighted by molar-refractivity contribution is 5.69. The second-order valence-electron chi connectivity index (χ2n) is 15.5.